The van der Waals surface area contributed by atoms with Crippen molar-refractivity contribution < 1.29 is 0 Å². The van der Waals surface area contributed by atoms with Crippen molar-refractivity contribution >= 4 is 5.69 Å². The van der Waals surface area contributed by atoms with Gasteiger partial charge in [-0.2, -0.15) is 0 Å². The highest BCUT2D eigenvalue weighted by Gasteiger charge is 2.15. The van der Waals surface area contributed by atoms with E-state index >= 15 is 0 Å². The average molecular weight is 245 g/mol. The van der Waals surface area contributed by atoms with Gasteiger partial charge in [0.2, 0.25) is 0 Å². The highest BCUT2D eigenvalue weighted by Crippen LogP contribution is 2.23. The largest absolute Gasteiger partial charge is 0.385 e. The molecule has 0 aromatic heterocycles. The molecule has 0 saturated carbocycles. The Balaban J connectivity index is 1.66. The summed E-state index contributed by atoms with van der Waals surface area (Å²) in [5, 5.41) is 3.48. The number of likely N-dealkylation sites (N-methyl/N-ethyl adjacent to an activating group) is 1. The first-order valence-electron chi connectivity index (χ1n) is 7.08. The maximum absolute atomic E-state index is 3.48. The minimum absolute atomic E-state index is 1.11. The third-order valence-corrected chi connectivity index (χ3v) is 4.11. The van der Waals surface area contributed by atoms with Crippen LogP contribution in [0.1, 0.15) is 17.5 Å². The van der Waals surface area contributed by atoms with Crippen LogP contribution in [0.5, 0.6) is 0 Å². The fraction of sp³-hybridized carbons (Fsp3) is 0.600. The number of rotatable bonds is 2. The fourth-order valence-electron chi connectivity index (χ4n) is 2.89. The van der Waals surface area contributed by atoms with Gasteiger partial charge < -0.3 is 10.2 Å². The van der Waals surface area contributed by atoms with Crippen molar-refractivity contribution in [1.82, 2.24) is 9.80 Å². The minimum atomic E-state index is 1.11. The van der Waals surface area contributed by atoms with Crippen LogP contribution >= 0.6 is 0 Å². The van der Waals surface area contributed by atoms with Gasteiger partial charge >= 0.3 is 0 Å². The number of hydrogen-bond donors (Lipinski definition) is 1. The van der Waals surface area contributed by atoms with Crippen LogP contribution in [0.4, 0.5) is 5.69 Å². The van der Waals surface area contributed by atoms with E-state index in [4.69, 9.17) is 0 Å². The Morgan fingerprint density at radius 1 is 1.17 bits per heavy atom. The van der Waals surface area contributed by atoms with E-state index in [9.17, 15) is 0 Å². The van der Waals surface area contributed by atoms with Crippen molar-refractivity contribution in [3.8, 4) is 0 Å². The lowest BCUT2D eigenvalue weighted by Crippen LogP contribution is -2.43. The van der Waals surface area contributed by atoms with Crippen LogP contribution < -0.4 is 5.32 Å². The van der Waals surface area contributed by atoms with Gasteiger partial charge in [0.05, 0.1) is 0 Å². The quantitative estimate of drug-likeness (QED) is 0.857. The predicted molar refractivity (Wildman–Crippen MR) is 76.0 cm³/mol. The molecule has 2 aliphatic rings. The third-order valence-electron chi connectivity index (χ3n) is 4.11. The van der Waals surface area contributed by atoms with Crippen molar-refractivity contribution in [3.63, 3.8) is 0 Å². The van der Waals surface area contributed by atoms with Crippen LogP contribution in [-0.2, 0) is 13.0 Å². The number of hydrogen-bond acceptors (Lipinski definition) is 3. The molecule has 3 heteroatoms. The lowest BCUT2D eigenvalue weighted by Gasteiger charge is -2.32. The van der Waals surface area contributed by atoms with Gasteiger partial charge in [0.15, 0.2) is 0 Å². The van der Waals surface area contributed by atoms with E-state index in [-0.39, 0.29) is 0 Å². The summed E-state index contributed by atoms with van der Waals surface area (Å²) in [4.78, 5) is 4.98. The summed E-state index contributed by atoms with van der Waals surface area (Å²) >= 11 is 0. The van der Waals surface area contributed by atoms with Crippen LogP contribution in [0.15, 0.2) is 18.2 Å². The topological polar surface area (TPSA) is 18.5 Å². The van der Waals surface area contributed by atoms with Crippen LogP contribution in [0.3, 0.4) is 0 Å². The lowest BCUT2D eigenvalue weighted by atomic mass is 10.0. The molecule has 0 aliphatic carbocycles. The molecule has 3 rings (SSSR count). The Morgan fingerprint density at radius 2 is 2.00 bits per heavy atom. The van der Waals surface area contributed by atoms with E-state index in [1.165, 1.54) is 55.8 Å². The molecule has 2 heterocycles. The second-order valence-corrected chi connectivity index (χ2v) is 5.60. The zero-order valence-corrected chi connectivity index (χ0v) is 11.3. The molecule has 1 aromatic rings. The number of nitrogens with zero attached hydrogens (tertiary/aromatic N) is 2. The molecule has 1 saturated heterocycles. The molecule has 1 fully saturated rings. The monoisotopic (exact) mass is 245 g/mol. The first-order chi connectivity index (χ1) is 8.81. The maximum atomic E-state index is 3.48. The molecule has 0 bridgehead atoms. The smallest absolute Gasteiger partial charge is 0.0372 e. The van der Waals surface area contributed by atoms with Gasteiger partial charge in [-0.25, -0.2) is 0 Å². The van der Waals surface area contributed by atoms with E-state index in [0.29, 0.717) is 0 Å². The van der Waals surface area contributed by atoms with E-state index in [1.54, 1.807) is 0 Å². The van der Waals surface area contributed by atoms with Crippen LogP contribution in [0.2, 0.25) is 0 Å². The van der Waals surface area contributed by atoms with E-state index in [2.05, 4.69) is 40.4 Å². The summed E-state index contributed by atoms with van der Waals surface area (Å²) in [6.07, 6.45) is 2.50. The van der Waals surface area contributed by atoms with E-state index in [1.807, 2.05) is 0 Å². The van der Waals surface area contributed by atoms with Gasteiger partial charge in [-0.1, -0.05) is 12.1 Å². The Hall–Kier alpha value is -1.06. The van der Waals surface area contributed by atoms with Crippen molar-refractivity contribution in [2.24, 2.45) is 0 Å². The van der Waals surface area contributed by atoms with E-state index in [0.717, 1.165) is 13.1 Å². The van der Waals surface area contributed by atoms with E-state index < -0.39 is 0 Å². The third kappa shape index (κ3) is 2.68. The zero-order valence-electron chi connectivity index (χ0n) is 11.3. The SMILES string of the molecule is CN1CCN(Cc2ccc3c(c2)CCCN3)CC1. The number of aryl methyl sites for hydroxylation is 1. The van der Waals surface area contributed by atoms with Crippen molar-refractivity contribution in [2.75, 3.05) is 45.1 Å². The van der Waals surface area contributed by atoms with Crippen molar-refractivity contribution in [2.45, 2.75) is 19.4 Å². The molecule has 18 heavy (non-hydrogen) atoms. The van der Waals surface area contributed by atoms with Gasteiger partial charge in [-0.15, -0.1) is 0 Å². The summed E-state index contributed by atoms with van der Waals surface area (Å²) in [6, 6.07) is 6.95. The number of anilines is 1. The predicted octanol–water partition coefficient (Wildman–Crippen LogP) is 1.79. The molecule has 0 atom stereocenters. The van der Waals surface area contributed by atoms with Gasteiger partial charge in [0.25, 0.3) is 0 Å². The Bertz CT molecular complexity index is 408. The first-order valence-corrected chi connectivity index (χ1v) is 7.08. The standard InChI is InChI=1S/C15H23N3/c1-17-7-9-18(10-8-17)12-13-4-5-15-14(11-13)3-2-6-16-15/h4-5,11,16H,2-3,6-10,12H2,1H3. The first kappa shape index (κ1) is 12.0. The Labute approximate surface area is 110 Å². The highest BCUT2D eigenvalue weighted by atomic mass is 15.2. The van der Waals surface area contributed by atoms with Gasteiger partial charge in [0.1, 0.15) is 0 Å². The van der Waals surface area contributed by atoms with Crippen molar-refractivity contribution in [1.29, 1.82) is 0 Å². The second kappa shape index (κ2) is 5.29. The van der Waals surface area contributed by atoms with Crippen molar-refractivity contribution in [3.05, 3.63) is 29.3 Å². The fourth-order valence-corrected chi connectivity index (χ4v) is 2.89. The normalized spacial score (nSPS) is 21.4. The zero-order chi connectivity index (χ0) is 12.4. The number of benzene rings is 1. The highest BCUT2D eigenvalue weighted by molar-refractivity contribution is 5.54. The van der Waals surface area contributed by atoms with Crippen LogP contribution in [0.25, 0.3) is 0 Å². The van der Waals surface area contributed by atoms with Gasteiger partial charge in [0, 0.05) is 45.0 Å². The minimum Gasteiger partial charge on any atom is -0.385 e. The summed E-state index contributed by atoms with van der Waals surface area (Å²) in [7, 11) is 2.21. The molecule has 1 N–H and O–H groups in total. The van der Waals surface area contributed by atoms with Gasteiger partial charge in [-0.05, 0) is 37.1 Å². The molecule has 0 unspecified atom stereocenters. The summed E-state index contributed by atoms with van der Waals surface area (Å²) in [5.74, 6) is 0. The van der Waals surface area contributed by atoms with Gasteiger partial charge in [-0.3, -0.25) is 4.90 Å². The maximum Gasteiger partial charge on any atom is 0.0372 e. The molecular formula is C15H23N3. The summed E-state index contributed by atoms with van der Waals surface area (Å²) in [5.41, 5.74) is 4.33. The molecule has 0 amide bonds. The Kier molecular flexibility index (Phi) is 3.52. The molecule has 98 valence electrons. The summed E-state index contributed by atoms with van der Waals surface area (Å²) in [6.45, 7) is 7.04. The lowest BCUT2D eigenvalue weighted by molar-refractivity contribution is 0.148. The number of fused-ring (bicyclic) bond motifs is 1. The molecule has 3 nitrogen and oxygen atoms in total. The second-order valence-electron chi connectivity index (χ2n) is 5.60. The molecule has 0 spiro atoms. The number of piperazine rings is 1. The number of nitrogens with one attached hydrogen (secondary N) is 1. The molecule has 2 aliphatic heterocycles. The summed E-state index contributed by atoms with van der Waals surface area (Å²) < 4.78 is 0. The molecule has 0 radical (unpaired) electrons. The Morgan fingerprint density at radius 3 is 2.83 bits per heavy atom. The van der Waals surface area contributed by atoms with Crippen LogP contribution in [-0.4, -0.2) is 49.6 Å². The average Bonchev–Trinajstić information content (AvgIpc) is 2.41. The molecular weight excluding hydrogens is 222 g/mol. The molecule has 1 aromatic carbocycles. The van der Waals surface area contributed by atoms with Crippen LogP contribution in [0, 0.1) is 0 Å².